The summed E-state index contributed by atoms with van der Waals surface area (Å²) < 4.78 is 37.2. The number of hydrogen-bond acceptors (Lipinski definition) is 7. The quantitative estimate of drug-likeness (QED) is 0.468. The molecule has 0 radical (unpaired) electrons. The first-order chi connectivity index (χ1) is 12.8. The number of carbonyl (C=O) groups excluding carboxylic acids is 1. The Morgan fingerprint density at radius 1 is 1.37 bits per heavy atom. The summed E-state index contributed by atoms with van der Waals surface area (Å²) in [7, 11) is -2.00. The number of benzene rings is 1. The Morgan fingerprint density at radius 3 is 2.70 bits per heavy atom. The van der Waals surface area contributed by atoms with Crippen molar-refractivity contribution in [3.8, 4) is 0 Å². The van der Waals surface area contributed by atoms with E-state index in [1.54, 1.807) is 33.9 Å². The van der Waals surface area contributed by atoms with Crippen molar-refractivity contribution < 1.29 is 22.4 Å². The highest BCUT2D eigenvalue weighted by Gasteiger charge is 2.23. The zero-order chi connectivity index (χ0) is 20.0. The Balaban J connectivity index is 2.17. The molecule has 2 rings (SSSR count). The fourth-order valence-corrected chi connectivity index (χ4v) is 4.69. The van der Waals surface area contributed by atoms with Gasteiger partial charge in [0, 0.05) is 26.7 Å². The highest BCUT2D eigenvalue weighted by atomic mass is 32.2. The molecule has 0 saturated heterocycles. The molecule has 0 bridgehead atoms. The van der Waals surface area contributed by atoms with Crippen molar-refractivity contribution in [3.05, 3.63) is 18.2 Å². The number of fused-ring (bicyclic) bond motifs is 1. The third-order valence-corrected chi connectivity index (χ3v) is 6.92. The van der Waals surface area contributed by atoms with Gasteiger partial charge >= 0.3 is 0 Å². The van der Waals surface area contributed by atoms with Gasteiger partial charge < -0.3 is 14.5 Å². The van der Waals surface area contributed by atoms with Crippen LogP contribution in [0.2, 0.25) is 0 Å². The van der Waals surface area contributed by atoms with Crippen molar-refractivity contribution in [2.24, 2.45) is 0 Å². The molecule has 0 aliphatic rings. The number of rotatable bonds is 10. The van der Waals surface area contributed by atoms with Gasteiger partial charge in [-0.05, 0) is 25.1 Å². The first-order valence-corrected chi connectivity index (χ1v) is 11.0. The first-order valence-electron chi connectivity index (χ1n) is 8.67. The molecule has 0 unspecified atom stereocenters. The van der Waals surface area contributed by atoms with Crippen molar-refractivity contribution in [2.75, 3.05) is 33.4 Å². The molecule has 150 valence electrons. The molecular weight excluding hydrogens is 390 g/mol. The van der Waals surface area contributed by atoms with Crippen molar-refractivity contribution in [1.82, 2.24) is 14.6 Å². The number of aromatic nitrogens is 1. The molecular formula is C17H25N3O5S2. The summed E-state index contributed by atoms with van der Waals surface area (Å²) >= 11 is 1.17. The second-order valence-corrected chi connectivity index (χ2v) is 8.97. The standard InChI is InChI=1S/C17H25N3O5S2/c1-5-20(6-2)27(22,23)13-7-8-15-14(11-13)19-17(25-15)26-12(3)16(21)18-9-10-24-4/h7-8,11-12H,5-6,9-10H2,1-4H3,(H,18,21)/t12-/m0/s1. The van der Waals surface area contributed by atoms with Crippen molar-refractivity contribution >= 4 is 38.8 Å². The van der Waals surface area contributed by atoms with Crippen LogP contribution in [0, 0.1) is 0 Å². The van der Waals surface area contributed by atoms with Gasteiger partial charge in [0.25, 0.3) is 5.22 Å². The second-order valence-electron chi connectivity index (χ2n) is 5.74. The minimum Gasteiger partial charge on any atom is -0.431 e. The maximum Gasteiger partial charge on any atom is 0.257 e. The summed E-state index contributed by atoms with van der Waals surface area (Å²) in [4.78, 5) is 16.5. The number of thioether (sulfide) groups is 1. The van der Waals surface area contributed by atoms with E-state index in [9.17, 15) is 13.2 Å². The van der Waals surface area contributed by atoms with Crippen LogP contribution < -0.4 is 5.32 Å². The van der Waals surface area contributed by atoms with Crippen LogP contribution in [0.4, 0.5) is 0 Å². The Hall–Kier alpha value is -1.62. The van der Waals surface area contributed by atoms with Crippen LogP contribution in [0.1, 0.15) is 20.8 Å². The van der Waals surface area contributed by atoms with E-state index in [0.29, 0.717) is 42.6 Å². The van der Waals surface area contributed by atoms with Crippen molar-refractivity contribution in [3.63, 3.8) is 0 Å². The molecule has 2 aromatic rings. The van der Waals surface area contributed by atoms with Crippen LogP contribution in [0.25, 0.3) is 11.1 Å². The summed E-state index contributed by atoms with van der Waals surface area (Å²) in [5, 5.41) is 2.66. The highest BCUT2D eigenvalue weighted by molar-refractivity contribution is 8.00. The molecule has 0 aliphatic carbocycles. The fraction of sp³-hybridized carbons (Fsp3) is 0.529. The van der Waals surface area contributed by atoms with E-state index in [-0.39, 0.29) is 10.8 Å². The molecule has 1 N–H and O–H groups in total. The minimum atomic E-state index is -3.56. The lowest BCUT2D eigenvalue weighted by atomic mass is 10.3. The van der Waals surface area contributed by atoms with Crippen LogP contribution in [0.5, 0.6) is 0 Å². The van der Waals surface area contributed by atoms with Crippen LogP contribution in [-0.4, -0.2) is 62.2 Å². The number of nitrogens with one attached hydrogen (secondary N) is 1. The molecule has 27 heavy (non-hydrogen) atoms. The Kier molecular flexibility index (Phi) is 7.66. The topological polar surface area (TPSA) is 102 Å². The molecule has 1 aromatic heterocycles. The maximum absolute atomic E-state index is 12.6. The Morgan fingerprint density at radius 2 is 2.07 bits per heavy atom. The van der Waals surface area contributed by atoms with Crippen molar-refractivity contribution in [2.45, 2.75) is 36.1 Å². The number of sulfonamides is 1. The van der Waals surface area contributed by atoms with E-state index < -0.39 is 15.3 Å². The van der Waals surface area contributed by atoms with Crippen LogP contribution >= 0.6 is 11.8 Å². The maximum atomic E-state index is 12.6. The lowest BCUT2D eigenvalue weighted by Gasteiger charge is -2.18. The Bertz CT molecular complexity index is 878. The van der Waals surface area contributed by atoms with Gasteiger partial charge in [0.1, 0.15) is 5.52 Å². The minimum absolute atomic E-state index is 0.149. The smallest absolute Gasteiger partial charge is 0.257 e. The number of carbonyl (C=O) groups is 1. The van der Waals surface area contributed by atoms with Gasteiger partial charge in [0.2, 0.25) is 15.9 Å². The van der Waals surface area contributed by atoms with Gasteiger partial charge in [0.15, 0.2) is 5.58 Å². The normalized spacial score (nSPS) is 13.2. The molecule has 1 aromatic carbocycles. The van der Waals surface area contributed by atoms with E-state index in [4.69, 9.17) is 9.15 Å². The average molecular weight is 416 g/mol. The van der Waals surface area contributed by atoms with Crippen LogP contribution in [-0.2, 0) is 19.6 Å². The number of amides is 1. The number of methoxy groups -OCH3 is 1. The number of nitrogens with zero attached hydrogens (tertiary/aromatic N) is 2. The number of oxazole rings is 1. The van der Waals surface area contributed by atoms with Gasteiger partial charge in [0.05, 0.1) is 16.8 Å². The molecule has 10 heteroatoms. The lowest BCUT2D eigenvalue weighted by Crippen LogP contribution is -2.33. The van der Waals surface area contributed by atoms with E-state index >= 15 is 0 Å². The lowest BCUT2D eigenvalue weighted by molar-refractivity contribution is -0.120. The molecule has 1 heterocycles. The highest BCUT2D eigenvalue weighted by Crippen LogP contribution is 2.28. The largest absolute Gasteiger partial charge is 0.431 e. The molecule has 8 nitrogen and oxygen atoms in total. The molecule has 0 saturated carbocycles. The van der Waals surface area contributed by atoms with Gasteiger partial charge in [-0.3, -0.25) is 4.79 Å². The Labute approximate surface area is 163 Å². The van der Waals surface area contributed by atoms with Gasteiger partial charge in [-0.15, -0.1) is 0 Å². The second kappa shape index (κ2) is 9.54. The fourth-order valence-electron chi connectivity index (χ4n) is 2.43. The predicted molar refractivity (Wildman–Crippen MR) is 104 cm³/mol. The summed E-state index contributed by atoms with van der Waals surface area (Å²) in [6.07, 6.45) is 0. The number of ether oxygens (including phenoxy) is 1. The summed E-state index contributed by atoms with van der Waals surface area (Å²) in [6, 6.07) is 4.60. The molecule has 1 amide bonds. The summed E-state index contributed by atoms with van der Waals surface area (Å²) in [5.41, 5.74) is 0.917. The van der Waals surface area contributed by atoms with Crippen LogP contribution in [0.3, 0.4) is 0 Å². The van der Waals surface area contributed by atoms with Gasteiger partial charge in [-0.2, -0.15) is 4.31 Å². The monoisotopic (exact) mass is 415 g/mol. The van der Waals surface area contributed by atoms with Gasteiger partial charge in [-0.1, -0.05) is 25.6 Å². The van der Waals surface area contributed by atoms with Crippen molar-refractivity contribution in [1.29, 1.82) is 0 Å². The average Bonchev–Trinajstić information content (AvgIpc) is 3.03. The molecule has 0 aliphatic heterocycles. The third kappa shape index (κ3) is 5.22. The van der Waals surface area contributed by atoms with Crippen LogP contribution in [0.15, 0.2) is 32.7 Å². The van der Waals surface area contributed by atoms with E-state index in [1.807, 2.05) is 0 Å². The summed E-state index contributed by atoms with van der Waals surface area (Å²) in [6.45, 7) is 7.00. The zero-order valence-corrected chi connectivity index (χ0v) is 17.5. The first kappa shape index (κ1) is 21.7. The molecule has 0 fully saturated rings. The third-order valence-electron chi connectivity index (χ3n) is 3.93. The zero-order valence-electron chi connectivity index (χ0n) is 15.9. The molecule has 0 spiro atoms. The SMILES string of the molecule is CCN(CC)S(=O)(=O)c1ccc2oc(S[C@@H](C)C(=O)NCCOC)nc2c1. The summed E-state index contributed by atoms with van der Waals surface area (Å²) in [5.74, 6) is -0.149. The molecule has 1 atom stereocenters. The van der Waals surface area contributed by atoms with E-state index in [0.717, 1.165) is 0 Å². The van der Waals surface area contributed by atoms with E-state index in [2.05, 4.69) is 10.3 Å². The number of hydrogen-bond donors (Lipinski definition) is 1. The van der Waals surface area contributed by atoms with E-state index in [1.165, 1.54) is 28.2 Å². The van der Waals surface area contributed by atoms with Gasteiger partial charge in [-0.25, -0.2) is 13.4 Å². The predicted octanol–water partition coefficient (Wildman–Crippen LogP) is 2.10.